The molecule has 0 bridgehead atoms. The van der Waals surface area contributed by atoms with Crippen molar-refractivity contribution < 1.29 is 34.8 Å². The van der Waals surface area contributed by atoms with Crippen LogP contribution in [0, 0.1) is 24.4 Å². The van der Waals surface area contributed by atoms with Gasteiger partial charge in [-0.15, -0.1) is 0 Å². The van der Waals surface area contributed by atoms with Crippen LogP contribution in [0.3, 0.4) is 0 Å². The van der Waals surface area contributed by atoms with E-state index in [-0.39, 0.29) is 23.4 Å². The van der Waals surface area contributed by atoms with Gasteiger partial charge in [-0.2, -0.15) is 13.2 Å². The summed E-state index contributed by atoms with van der Waals surface area (Å²) >= 11 is 0. The highest BCUT2D eigenvalue weighted by Gasteiger charge is 2.35. The summed E-state index contributed by atoms with van der Waals surface area (Å²) in [7, 11) is -4.51. The van der Waals surface area contributed by atoms with E-state index in [2.05, 4.69) is 4.98 Å². The molecule has 0 unspecified atom stereocenters. The maximum atomic E-state index is 14.1. The normalized spacial score (nSPS) is 12.2. The van der Waals surface area contributed by atoms with Crippen LogP contribution in [0.1, 0.15) is 11.1 Å². The van der Waals surface area contributed by atoms with Crippen LogP contribution in [0.2, 0.25) is 0 Å². The highest BCUT2D eigenvalue weighted by atomic mass is 32.2. The summed E-state index contributed by atoms with van der Waals surface area (Å²) < 4.78 is 106. The molecule has 0 amide bonds. The van der Waals surface area contributed by atoms with Crippen LogP contribution < -0.4 is 4.72 Å². The Morgan fingerprint density at radius 2 is 1.66 bits per heavy atom. The molecule has 0 atom stereocenters. The van der Waals surface area contributed by atoms with E-state index in [0.29, 0.717) is 5.56 Å². The topological polar surface area (TPSA) is 62.0 Å². The fourth-order valence-corrected chi connectivity index (χ4v) is 3.74. The molecule has 1 heterocycles. The summed E-state index contributed by atoms with van der Waals surface area (Å²) in [6, 6.07) is 5.27. The second-order valence-corrected chi connectivity index (χ2v) is 7.78. The smallest absolute Gasteiger partial charge is 0.360 e. The van der Waals surface area contributed by atoms with Gasteiger partial charge < -0.3 is 4.98 Å². The van der Waals surface area contributed by atoms with Gasteiger partial charge in [0.15, 0.2) is 0 Å². The van der Waals surface area contributed by atoms with E-state index in [9.17, 15) is 34.8 Å². The first kappa shape index (κ1) is 20.8. The number of rotatable bonds is 4. The molecule has 2 aromatic carbocycles. The molecule has 3 aromatic rings. The number of sulfonamides is 1. The molecule has 2 N–H and O–H groups in total. The predicted octanol–water partition coefficient (Wildman–Crippen LogP) is 5.23. The first-order valence-electron chi connectivity index (χ1n) is 7.93. The molecule has 29 heavy (non-hydrogen) atoms. The molecule has 11 heteroatoms. The molecule has 4 nitrogen and oxygen atoms in total. The Morgan fingerprint density at radius 1 is 0.966 bits per heavy atom. The number of hydrogen-bond donors (Lipinski definition) is 2. The molecule has 0 fully saturated rings. The molecule has 0 aliphatic heterocycles. The maximum Gasteiger partial charge on any atom is 0.419 e. The van der Waals surface area contributed by atoms with E-state index >= 15 is 0 Å². The van der Waals surface area contributed by atoms with Crippen molar-refractivity contribution in [2.75, 3.05) is 4.72 Å². The minimum absolute atomic E-state index is 0.101. The number of aryl methyl sites for hydroxylation is 1. The van der Waals surface area contributed by atoms with E-state index in [1.807, 2.05) is 0 Å². The Kier molecular flexibility index (Phi) is 5.11. The molecule has 3 rings (SSSR count). The standard InChI is InChI=1S/C18H12F6N2O2S/c1-9-3-2-4-12(19)17(9)16-5-10(8-25-16)29(27,28)26-15-7-13(20)11(6-14(15)21)18(22,23)24/h2-8,25-26H,1H3. The van der Waals surface area contributed by atoms with Crippen LogP contribution in [-0.4, -0.2) is 13.4 Å². The van der Waals surface area contributed by atoms with Crippen molar-refractivity contribution in [1.29, 1.82) is 0 Å². The number of anilines is 1. The summed E-state index contributed by atoms with van der Waals surface area (Å²) in [5.74, 6) is -4.06. The number of aromatic nitrogens is 1. The second kappa shape index (κ2) is 7.14. The van der Waals surface area contributed by atoms with Gasteiger partial charge in [-0.1, -0.05) is 12.1 Å². The molecule has 0 aliphatic carbocycles. The van der Waals surface area contributed by atoms with E-state index in [4.69, 9.17) is 0 Å². The number of alkyl halides is 3. The molecular formula is C18H12F6N2O2S. The van der Waals surface area contributed by atoms with Gasteiger partial charge in [0.25, 0.3) is 10.0 Å². The highest BCUT2D eigenvalue weighted by molar-refractivity contribution is 7.92. The second-order valence-electron chi connectivity index (χ2n) is 6.10. The fourth-order valence-electron chi connectivity index (χ4n) is 2.69. The van der Waals surface area contributed by atoms with Gasteiger partial charge in [0.05, 0.1) is 11.3 Å². The molecule has 0 saturated carbocycles. The number of hydrogen-bond acceptors (Lipinski definition) is 2. The molecule has 154 valence electrons. The number of halogens is 6. The Labute approximate surface area is 161 Å². The lowest BCUT2D eigenvalue weighted by Crippen LogP contribution is -2.15. The quantitative estimate of drug-likeness (QED) is 0.553. The van der Waals surface area contributed by atoms with Crippen molar-refractivity contribution in [2.45, 2.75) is 18.0 Å². The third kappa shape index (κ3) is 4.09. The Hall–Kier alpha value is -2.95. The molecule has 0 radical (unpaired) electrons. The predicted molar refractivity (Wildman–Crippen MR) is 93.1 cm³/mol. The minimum Gasteiger partial charge on any atom is -0.360 e. The first-order chi connectivity index (χ1) is 13.4. The monoisotopic (exact) mass is 434 g/mol. The van der Waals surface area contributed by atoms with E-state index in [1.54, 1.807) is 17.7 Å². The maximum absolute atomic E-state index is 14.1. The zero-order valence-corrected chi connectivity index (χ0v) is 15.4. The fraction of sp³-hybridized carbons (Fsp3) is 0.111. The molecular weight excluding hydrogens is 422 g/mol. The summed E-state index contributed by atoms with van der Waals surface area (Å²) in [5.41, 5.74) is -2.13. The first-order valence-corrected chi connectivity index (χ1v) is 9.41. The van der Waals surface area contributed by atoms with Crippen molar-refractivity contribution in [3.8, 4) is 11.3 Å². The molecule has 0 aliphatic rings. The van der Waals surface area contributed by atoms with Crippen molar-refractivity contribution >= 4 is 15.7 Å². The van der Waals surface area contributed by atoms with E-state index in [0.717, 1.165) is 12.3 Å². The molecule has 0 saturated heterocycles. The Balaban J connectivity index is 1.96. The van der Waals surface area contributed by atoms with Gasteiger partial charge in [-0.05, 0) is 30.7 Å². The third-order valence-electron chi connectivity index (χ3n) is 4.06. The van der Waals surface area contributed by atoms with E-state index in [1.165, 1.54) is 12.1 Å². The Morgan fingerprint density at radius 3 is 2.28 bits per heavy atom. The van der Waals surface area contributed by atoms with E-state index < -0.39 is 49.8 Å². The summed E-state index contributed by atoms with van der Waals surface area (Å²) in [5, 5.41) is 0. The SMILES string of the molecule is Cc1cccc(F)c1-c1cc(S(=O)(=O)Nc2cc(F)c(C(F)(F)F)cc2F)c[nH]1. The number of benzene rings is 2. The lowest BCUT2D eigenvalue weighted by atomic mass is 10.1. The Bertz CT molecular complexity index is 1170. The van der Waals surface area contributed by atoms with Gasteiger partial charge >= 0.3 is 6.18 Å². The van der Waals surface area contributed by atoms with Crippen LogP contribution in [-0.2, 0) is 16.2 Å². The van der Waals surface area contributed by atoms with Crippen LogP contribution in [0.5, 0.6) is 0 Å². The van der Waals surface area contributed by atoms with Crippen LogP contribution >= 0.6 is 0 Å². The largest absolute Gasteiger partial charge is 0.419 e. The van der Waals surface area contributed by atoms with Crippen molar-refractivity contribution in [1.82, 2.24) is 4.98 Å². The number of aromatic amines is 1. The van der Waals surface area contributed by atoms with Gasteiger partial charge in [-0.25, -0.2) is 21.6 Å². The molecule has 0 spiro atoms. The third-order valence-corrected chi connectivity index (χ3v) is 5.41. The summed E-state index contributed by atoms with van der Waals surface area (Å²) in [4.78, 5) is 2.13. The lowest BCUT2D eigenvalue weighted by molar-refractivity contribution is -0.140. The van der Waals surface area contributed by atoms with Crippen molar-refractivity contribution in [3.63, 3.8) is 0 Å². The summed E-state index contributed by atoms with van der Waals surface area (Å²) in [6.45, 7) is 1.60. The average molecular weight is 434 g/mol. The lowest BCUT2D eigenvalue weighted by Gasteiger charge is -2.12. The minimum atomic E-state index is -5.14. The van der Waals surface area contributed by atoms with Gasteiger partial charge in [0.2, 0.25) is 0 Å². The van der Waals surface area contributed by atoms with Gasteiger partial charge in [0, 0.05) is 23.5 Å². The number of H-pyrrole nitrogens is 1. The van der Waals surface area contributed by atoms with Crippen LogP contribution in [0.25, 0.3) is 11.3 Å². The van der Waals surface area contributed by atoms with Crippen LogP contribution in [0.4, 0.5) is 32.0 Å². The zero-order chi connectivity index (χ0) is 21.6. The summed E-state index contributed by atoms with van der Waals surface area (Å²) in [6.07, 6.45) is -4.16. The number of nitrogens with one attached hydrogen (secondary N) is 2. The van der Waals surface area contributed by atoms with Crippen molar-refractivity contribution in [3.05, 3.63) is 71.2 Å². The average Bonchev–Trinajstić information content (AvgIpc) is 3.07. The van der Waals surface area contributed by atoms with Crippen LogP contribution in [0.15, 0.2) is 47.5 Å². The van der Waals surface area contributed by atoms with Gasteiger partial charge in [-0.3, -0.25) is 4.72 Å². The molecule has 1 aromatic heterocycles. The van der Waals surface area contributed by atoms with Gasteiger partial charge in [0.1, 0.15) is 22.3 Å². The van der Waals surface area contributed by atoms with Crippen molar-refractivity contribution in [2.24, 2.45) is 0 Å². The zero-order valence-electron chi connectivity index (χ0n) is 14.5. The highest BCUT2D eigenvalue weighted by Crippen LogP contribution is 2.34.